The van der Waals surface area contributed by atoms with Crippen LogP contribution in [-0.4, -0.2) is 15.0 Å². The van der Waals surface area contributed by atoms with E-state index in [1.165, 1.54) is 50.1 Å². The number of aromatic nitrogens is 3. The molecule has 3 heterocycles. The minimum Gasteiger partial charge on any atom is -0.456 e. The van der Waals surface area contributed by atoms with Crippen LogP contribution in [0.1, 0.15) is 22.3 Å². The molecule has 0 amide bonds. The topological polar surface area (TPSA) is 65.0 Å². The molecule has 0 unspecified atom stereocenters. The molecule has 5 nitrogen and oxygen atoms in total. The molecule has 0 fully saturated rings. The molecule has 2 aliphatic rings. The molecule has 63 heavy (non-hydrogen) atoms. The van der Waals surface area contributed by atoms with Gasteiger partial charge in [0, 0.05) is 38.2 Å². The number of hydrogen-bond donors (Lipinski definition) is 0. The third-order valence-electron chi connectivity index (χ3n) is 13.4. The van der Waals surface area contributed by atoms with Crippen molar-refractivity contribution >= 4 is 43.9 Å². The molecule has 12 aromatic rings. The van der Waals surface area contributed by atoms with E-state index in [4.69, 9.17) is 23.8 Å². The fourth-order valence-electron chi connectivity index (χ4n) is 10.9. The van der Waals surface area contributed by atoms with Gasteiger partial charge >= 0.3 is 0 Å². The van der Waals surface area contributed by atoms with Gasteiger partial charge in [-0.25, -0.2) is 15.0 Å². The lowest BCUT2D eigenvalue weighted by molar-refractivity contribution is 0.668. The Hall–Kier alpha value is -8.41. The van der Waals surface area contributed by atoms with Gasteiger partial charge in [-0.1, -0.05) is 170 Å². The van der Waals surface area contributed by atoms with Gasteiger partial charge in [0.1, 0.15) is 22.3 Å². The molecule has 5 heteroatoms. The molecule has 0 atom stereocenters. The van der Waals surface area contributed by atoms with Crippen LogP contribution in [0.4, 0.5) is 0 Å². The molecular weight excluding hydrogens is 771 g/mol. The molecule has 3 aromatic heterocycles. The van der Waals surface area contributed by atoms with Crippen molar-refractivity contribution in [2.45, 2.75) is 5.41 Å². The molecule has 14 rings (SSSR count). The molecule has 0 radical (unpaired) electrons. The van der Waals surface area contributed by atoms with Crippen molar-refractivity contribution in [1.29, 1.82) is 0 Å². The summed E-state index contributed by atoms with van der Waals surface area (Å²) in [6.07, 6.45) is 0. The Morgan fingerprint density at radius 3 is 1.19 bits per heavy atom. The van der Waals surface area contributed by atoms with Gasteiger partial charge in [-0.3, -0.25) is 0 Å². The highest BCUT2D eigenvalue weighted by Gasteiger charge is 2.49. The van der Waals surface area contributed by atoms with Crippen molar-refractivity contribution in [2.75, 3.05) is 0 Å². The van der Waals surface area contributed by atoms with E-state index in [-0.39, 0.29) is 0 Å². The van der Waals surface area contributed by atoms with Crippen molar-refractivity contribution in [1.82, 2.24) is 15.0 Å². The van der Waals surface area contributed by atoms with E-state index < -0.39 is 5.41 Å². The van der Waals surface area contributed by atoms with E-state index in [0.717, 1.165) is 66.1 Å². The minimum atomic E-state index is -0.581. The zero-order chi connectivity index (χ0) is 41.2. The Kier molecular flexibility index (Phi) is 6.97. The van der Waals surface area contributed by atoms with Gasteiger partial charge in [0.15, 0.2) is 17.5 Å². The van der Waals surface area contributed by atoms with E-state index in [2.05, 4.69) is 140 Å². The normalized spacial score (nSPS) is 13.2. The molecule has 1 spiro atoms. The molecule has 0 saturated carbocycles. The van der Waals surface area contributed by atoms with Crippen molar-refractivity contribution in [2.24, 2.45) is 0 Å². The summed E-state index contributed by atoms with van der Waals surface area (Å²) in [6.45, 7) is 0. The number of rotatable bonds is 3. The van der Waals surface area contributed by atoms with Crippen molar-refractivity contribution < 1.29 is 8.83 Å². The van der Waals surface area contributed by atoms with Gasteiger partial charge < -0.3 is 8.83 Å². The number of nitrogens with zero attached hydrogens (tertiary/aromatic N) is 3. The van der Waals surface area contributed by atoms with E-state index in [1.807, 2.05) is 60.7 Å². The van der Waals surface area contributed by atoms with Crippen LogP contribution < -0.4 is 0 Å². The molecule has 0 saturated heterocycles. The summed E-state index contributed by atoms with van der Waals surface area (Å²) in [5.74, 6) is 1.72. The van der Waals surface area contributed by atoms with Gasteiger partial charge in [-0.2, -0.15) is 0 Å². The summed E-state index contributed by atoms with van der Waals surface area (Å²) >= 11 is 0. The summed E-state index contributed by atoms with van der Waals surface area (Å²) < 4.78 is 12.7. The van der Waals surface area contributed by atoms with E-state index in [1.54, 1.807) is 0 Å². The SMILES string of the molecule is c1ccc2c(c1)-c1ccccc1C1(c3ccccc3-2)c2ccccc2-c2cc(-c3nc(-c4cccc5oc6ccccc6c45)nc(-c4cccc5oc6ccccc6c45)n3)ccc21. The van der Waals surface area contributed by atoms with Gasteiger partial charge in [-0.15, -0.1) is 0 Å². The summed E-state index contributed by atoms with van der Waals surface area (Å²) in [6, 6.07) is 71.1. The van der Waals surface area contributed by atoms with Crippen LogP contribution in [0.2, 0.25) is 0 Å². The fraction of sp³-hybridized carbons (Fsp3) is 0.0172. The zero-order valence-electron chi connectivity index (χ0n) is 33.7. The summed E-state index contributed by atoms with van der Waals surface area (Å²) in [7, 11) is 0. The lowest BCUT2D eigenvalue weighted by Crippen LogP contribution is -2.29. The first-order valence-corrected chi connectivity index (χ1v) is 21.3. The highest BCUT2D eigenvalue weighted by atomic mass is 16.3. The molecule has 2 aliphatic carbocycles. The van der Waals surface area contributed by atoms with Crippen LogP contribution in [0.25, 0.3) is 111 Å². The van der Waals surface area contributed by atoms with Crippen molar-refractivity contribution in [3.05, 3.63) is 222 Å². The van der Waals surface area contributed by atoms with E-state index in [9.17, 15) is 0 Å². The van der Waals surface area contributed by atoms with Crippen molar-refractivity contribution in [3.63, 3.8) is 0 Å². The lowest BCUT2D eigenvalue weighted by Gasteiger charge is -2.35. The third kappa shape index (κ3) is 4.68. The standard InChI is InChI=1S/C58H33N3O2/c1-2-16-36-35(15-1)37-17-3-8-24-45(37)58(46-25-9-4-18-38(36)46)47-26-10-5-19-39(47)44-33-34(31-32-48(44)58)55-59-56(42-22-13-29-51-53(42)40-20-6-11-27-49(40)62-51)61-57(60-55)43-23-14-30-52-54(43)41-21-7-12-28-50(41)63-52/h1-33H. The van der Waals surface area contributed by atoms with E-state index in [0.29, 0.717) is 17.5 Å². The number of benzene rings is 9. The Labute approximate surface area is 361 Å². The van der Waals surface area contributed by atoms with Gasteiger partial charge in [0.25, 0.3) is 0 Å². The van der Waals surface area contributed by atoms with Gasteiger partial charge in [0.05, 0.1) is 5.41 Å². The van der Waals surface area contributed by atoms with Crippen LogP contribution in [0.3, 0.4) is 0 Å². The fourth-order valence-corrected chi connectivity index (χ4v) is 10.9. The Bertz CT molecular complexity index is 3690. The van der Waals surface area contributed by atoms with Crippen LogP contribution in [0, 0.1) is 0 Å². The smallest absolute Gasteiger partial charge is 0.164 e. The summed E-state index contributed by atoms with van der Waals surface area (Å²) in [5.41, 5.74) is 17.6. The first-order chi connectivity index (χ1) is 31.2. The average Bonchev–Trinajstić information content (AvgIpc) is 4.00. The molecule has 0 N–H and O–H groups in total. The molecule has 0 aliphatic heterocycles. The monoisotopic (exact) mass is 803 g/mol. The van der Waals surface area contributed by atoms with E-state index >= 15 is 0 Å². The highest BCUT2D eigenvalue weighted by Crippen LogP contribution is 2.61. The first kappa shape index (κ1) is 34.3. The second-order valence-corrected chi connectivity index (χ2v) is 16.6. The maximum atomic E-state index is 6.37. The second kappa shape index (κ2) is 12.8. The summed E-state index contributed by atoms with van der Waals surface area (Å²) in [5, 5.41) is 3.97. The first-order valence-electron chi connectivity index (χ1n) is 21.3. The lowest BCUT2D eigenvalue weighted by atomic mass is 9.66. The average molecular weight is 804 g/mol. The number of furan rings is 2. The zero-order valence-corrected chi connectivity index (χ0v) is 33.7. The number of hydrogen-bond acceptors (Lipinski definition) is 5. The Morgan fingerprint density at radius 1 is 0.286 bits per heavy atom. The predicted molar refractivity (Wildman–Crippen MR) is 252 cm³/mol. The molecular formula is C58H33N3O2. The predicted octanol–water partition coefficient (Wildman–Crippen LogP) is 14.7. The maximum absolute atomic E-state index is 6.37. The van der Waals surface area contributed by atoms with Crippen LogP contribution in [0.15, 0.2) is 209 Å². The molecule has 9 aromatic carbocycles. The number of fused-ring (bicyclic) bond motifs is 18. The Morgan fingerprint density at radius 2 is 0.667 bits per heavy atom. The summed E-state index contributed by atoms with van der Waals surface area (Å²) in [4.78, 5) is 16.1. The molecule has 292 valence electrons. The maximum Gasteiger partial charge on any atom is 0.164 e. The van der Waals surface area contributed by atoms with Crippen molar-refractivity contribution in [3.8, 4) is 67.5 Å². The van der Waals surface area contributed by atoms with Crippen LogP contribution in [-0.2, 0) is 5.41 Å². The third-order valence-corrected chi connectivity index (χ3v) is 13.4. The number of para-hydroxylation sites is 2. The minimum absolute atomic E-state index is 0.568. The van der Waals surface area contributed by atoms with Crippen LogP contribution in [0.5, 0.6) is 0 Å². The van der Waals surface area contributed by atoms with Crippen LogP contribution >= 0.6 is 0 Å². The second-order valence-electron chi connectivity index (χ2n) is 16.6. The molecule has 0 bridgehead atoms. The Balaban J connectivity index is 1.05. The van der Waals surface area contributed by atoms with Gasteiger partial charge in [0.2, 0.25) is 0 Å². The quantitative estimate of drug-likeness (QED) is 0.178. The largest absolute Gasteiger partial charge is 0.456 e. The van der Waals surface area contributed by atoms with Gasteiger partial charge in [-0.05, 0) is 86.0 Å². The highest BCUT2D eigenvalue weighted by molar-refractivity contribution is 6.13.